The van der Waals surface area contributed by atoms with Gasteiger partial charge in [-0.25, -0.2) is 4.68 Å². The van der Waals surface area contributed by atoms with Crippen molar-refractivity contribution in [3.8, 4) is 5.75 Å². The Hall–Kier alpha value is -3.26. The van der Waals surface area contributed by atoms with Gasteiger partial charge in [0.15, 0.2) is 5.69 Å². The molecule has 0 fully saturated rings. The van der Waals surface area contributed by atoms with Gasteiger partial charge in [0, 0.05) is 18.9 Å². The Balaban J connectivity index is 1.38. The van der Waals surface area contributed by atoms with Gasteiger partial charge in [0.25, 0.3) is 5.91 Å². The summed E-state index contributed by atoms with van der Waals surface area (Å²) < 4.78 is 12.9. The molecule has 0 bridgehead atoms. The SMILES string of the molecule is COc1ccc(C2Cn3nnc(C(=O)NCCc4cccnc4)c3CO2)cc1. The predicted molar refractivity (Wildman–Crippen MR) is 101 cm³/mol. The third kappa shape index (κ3) is 3.86. The highest BCUT2D eigenvalue weighted by atomic mass is 16.5. The highest BCUT2D eigenvalue weighted by Crippen LogP contribution is 2.28. The number of carbonyl (C=O) groups excluding carboxylic acids is 1. The minimum absolute atomic E-state index is 0.137. The number of nitrogens with zero attached hydrogens (tertiary/aromatic N) is 4. The zero-order valence-electron chi connectivity index (χ0n) is 15.5. The average Bonchev–Trinajstić information content (AvgIpc) is 3.18. The number of nitrogens with one attached hydrogen (secondary N) is 1. The molecule has 144 valence electrons. The van der Waals surface area contributed by atoms with E-state index < -0.39 is 0 Å². The molecular formula is C20H21N5O3. The fourth-order valence-electron chi connectivity index (χ4n) is 3.16. The Morgan fingerprint density at radius 3 is 2.93 bits per heavy atom. The standard InChI is InChI=1S/C20H21N5O3/c1-27-16-6-4-15(5-7-16)18-12-25-17(13-28-18)19(23-24-25)20(26)22-10-8-14-3-2-9-21-11-14/h2-7,9,11,18H,8,10,12-13H2,1H3,(H,22,26). The number of benzene rings is 1. The molecule has 1 atom stereocenters. The summed E-state index contributed by atoms with van der Waals surface area (Å²) in [5, 5.41) is 11.1. The molecule has 0 radical (unpaired) electrons. The van der Waals surface area contributed by atoms with Crippen LogP contribution in [-0.4, -0.2) is 39.5 Å². The zero-order valence-corrected chi connectivity index (χ0v) is 15.5. The van der Waals surface area contributed by atoms with Crippen LogP contribution in [0.2, 0.25) is 0 Å². The minimum Gasteiger partial charge on any atom is -0.497 e. The summed E-state index contributed by atoms with van der Waals surface area (Å²) >= 11 is 0. The summed E-state index contributed by atoms with van der Waals surface area (Å²) in [5.74, 6) is 0.558. The summed E-state index contributed by atoms with van der Waals surface area (Å²) in [5.41, 5.74) is 3.12. The lowest BCUT2D eigenvalue weighted by atomic mass is 10.1. The summed E-state index contributed by atoms with van der Waals surface area (Å²) in [6, 6.07) is 11.6. The third-order valence-corrected chi connectivity index (χ3v) is 4.72. The second-order valence-corrected chi connectivity index (χ2v) is 6.51. The number of hydrogen-bond donors (Lipinski definition) is 1. The van der Waals surface area contributed by atoms with E-state index in [4.69, 9.17) is 9.47 Å². The second-order valence-electron chi connectivity index (χ2n) is 6.51. The van der Waals surface area contributed by atoms with Crippen molar-refractivity contribution in [3.63, 3.8) is 0 Å². The molecule has 1 aromatic carbocycles. The van der Waals surface area contributed by atoms with Crippen molar-refractivity contribution in [2.24, 2.45) is 0 Å². The Labute approximate surface area is 162 Å². The Kier molecular flexibility index (Phi) is 5.29. The van der Waals surface area contributed by atoms with Crippen molar-refractivity contribution in [2.45, 2.75) is 25.7 Å². The molecule has 4 rings (SSSR count). The highest BCUT2D eigenvalue weighted by Gasteiger charge is 2.27. The topological polar surface area (TPSA) is 91.2 Å². The fraction of sp³-hybridized carbons (Fsp3) is 0.300. The molecule has 1 aliphatic rings. The molecule has 8 nitrogen and oxygen atoms in total. The molecule has 0 spiro atoms. The summed E-state index contributed by atoms with van der Waals surface area (Å²) in [6.45, 7) is 1.30. The van der Waals surface area contributed by atoms with Crippen LogP contribution in [0.5, 0.6) is 5.75 Å². The van der Waals surface area contributed by atoms with Crippen molar-refractivity contribution >= 4 is 5.91 Å². The molecule has 1 N–H and O–H groups in total. The molecule has 2 aromatic heterocycles. The number of ether oxygens (including phenoxy) is 2. The van der Waals surface area contributed by atoms with Crippen molar-refractivity contribution in [1.82, 2.24) is 25.3 Å². The van der Waals surface area contributed by atoms with E-state index in [-0.39, 0.29) is 18.6 Å². The molecule has 28 heavy (non-hydrogen) atoms. The van der Waals surface area contributed by atoms with E-state index in [9.17, 15) is 4.79 Å². The first-order valence-corrected chi connectivity index (χ1v) is 9.09. The monoisotopic (exact) mass is 379 g/mol. The van der Waals surface area contributed by atoms with Gasteiger partial charge in [-0.05, 0) is 35.7 Å². The Morgan fingerprint density at radius 1 is 1.32 bits per heavy atom. The van der Waals surface area contributed by atoms with Crippen molar-refractivity contribution in [1.29, 1.82) is 0 Å². The maximum absolute atomic E-state index is 12.5. The van der Waals surface area contributed by atoms with Gasteiger partial charge in [0.05, 0.1) is 26.0 Å². The second kappa shape index (κ2) is 8.18. The first-order valence-electron chi connectivity index (χ1n) is 9.09. The van der Waals surface area contributed by atoms with Crippen LogP contribution in [-0.2, 0) is 24.3 Å². The van der Waals surface area contributed by atoms with Crippen LogP contribution in [0, 0.1) is 0 Å². The lowest BCUT2D eigenvalue weighted by molar-refractivity contribution is -0.00179. The molecule has 1 amide bonds. The number of carbonyl (C=O) groups is 1. The average molecular weight is 379 g/mol. The molecule has 3 aromatic rings. The molecule has 0 aliphatic carbocycles. The molecule has 3 heterocycles. The van der Waals surface area contributed by atoms with Crippen LogP contribution in [0.15, 0.2) is 48.8 Å². The van der Waals surface area contributed by atoms with Gasteiger partial charge in [-0.2, -0.15) is 0 Å². The van der Waals surface area contributed by atoms with E-state index >= 15 is 0 Å². The van der Waals surface area contributed by atoms with Crippen LogP contribution in [0.25, 0.3) is 0 Å². The molecule has 8 heteroatoms. The fourth-order valence-corrected chi connectivity index (χ4v) is 3.16. The minimum atomic E-state index is -0.239. The first kappa shape index (κ1) is 18.1. The number of methoxy groups -OCH3 is 1. The summed E-state index contributed by atoms with van der Waals surface area (Å²) in [4.78, 5) is 16.5. The third-order valence-electron chi connectivity index (χ3n) is 4.72. The van der Waals surface area contributed by atoms with Crippen LogP contribution >= 0.6 is 0 Å². The normalized spacial score (nSPS) is 15.7. The van der Waals surface area contributed by atoms with Crippen molar-refractivity contribution in [2.75, 3.05) is 13.7 Å². The highest BCUT2D eigenvalue weighted by molar-refractivity contribution is 5.93. The Morgan fingerprint density at radius 2 is 2.18 bits per heavy atom. The van der Waals surface area contributed by atoms with Crippen LogP contribution in [0.4, 0.5) is 0 Å². The number of aromatic nitrogens is 4. The van der Waals surface area contributed by atoms with Crippen LogP contribution < -0.4 is 10.1 Å². The van der Waals surface area contributed by atoms with Gasteiger partial charge in [-0.1, -0.05) is 23.4 Å². The maximum Gasteiger partial charge on any atom is 0.273 e. The van der Waals surface area contributed by atoms with E-state index in [0.29, 0.717) is 30.9 Å². The lowest BCUT2D eigenvalue weighted by Gasteiger charge is -2.24. The van der Waals surface area contributed by atoms with Crippen LogP contribution in [0.3, 0.4) is 0 Å². The van der Waals surface area contributed by atoms with E-state index in [1.807, 2.05) is 36.4 Å². The van der Waals surface area contributed by atoms with E-state index in [2.05, 4.69) is 20.6 Å². The van der Waals surface area contributed by atoms with E-state index in [1.54, 1.807) is 24.2 Å². The van der Waals surface area contributed by atoms with Gasteiger partial charge in [0.2, 0.25) is 0 Å². The first-order chi connectivity index (χ1) is 13.7. The molecule has 0 saturated heterocycles. The number of pyridine rings is 1. The predicted octanol–water partition coefficient (Wildman–Crippen LogP) is 1.93. The van der Waals surface area contributed by atoms with Gasteiger partial charge in [-0.15, -0.1) is 5.10 Å². The summed E-state index contributed by atoms with van der Waals surface area (Å²) in [7, 11) is 1.64. The van der Waals surface area contributed by atoms with Gasteiger partial charge >= 0.3 is 0 Å². The molecule has 0 saturated carbocycles. The maximum atomic E-state index is 12.5. The van der Waals surface area contributed by atoms with E-state index in [0.717, 1.165) is 16.9 Å². The van der Waals surface area contributed by atoms with E-state index in [1.165, 1.54) is 0 Å². The summed E-state index contributed by atoms with van der Waals surface area (Å²) in [6.07, 6.45) is 4.09. The quantitative estimate of drug-likeness (QED) is 0.704. The number of hydrogen-bond acceptors (Lipinski definition) is 6. The molecule has 1 aliphatic heterocycles. The number of fused-ring (bicyclic) bond motifs is 1. The van der Waals surface area contributed by atoms with Crippen molar-refractivity contribution in [3.05, 3.63) is 71.3 Å². The zero-order chi connectivity index (χ0) is 19.3. The van der Waals surface area contributed by atoms with Crippen LogP contribution in [0.1, 0.15) is 33.4 Å². The lowest BCUT2D eigenvalue weighted by Crippen LogP contribution is -2.29. The molecule has 1 unspecified atom stereocenters. The number of rotatable bonds is 6. The van der Waals surface area contributed by atoms with Gasteiger partial charge in [-0.3, -0.25) is 9.78 Å². The molecular weight excluding hydrogens is 358 g/mol. The smallest absolute Gasteiger partial charge is 0.273 e. The van der Waals surface area contributed by atoms with Gasteiger partial charge < -0.3 is 14.8 Å². The number of amides is 1. The largest absolute Gasteiger partial charge is 0.497 e. The van der Waals surface area contributed by atoms with Crippen molar-refractivity contribution < 1.29 is 14.3 Å². The van der Waals surface area contributed by atoms with Gasteiger partial charge in [0.1, 0.15) is 11.9 Å². The Bertz CT molecular complexity index is 940.